The first-order valence-corrected chi connectivity index (χ1v) is 10.4. The number of alkyl carbamates (subject to hydrolysis) is 1. The second kappa shape index (κ2) is 9.04. The van der Waals surface area contributed by atoms with Gasteiger partial charge < -0.3 is 20.0 Å². The number of rotatable bonds is 7. The van der Waals surface area contributed by atoms with Crippen molar-refractivity contribution in [3.63, 3.8) is 0 Å². The van der Waals surface area contributed by atoms with Crippen LogP contribution in [0.4, 0.5) is 4.79 Å². The Morgan fingerprint density at radius 3 is 2.13 bits per heavy atom. The second-order valence-corrected chi connectivity index (χ2v) is 7.87. The SMILES string of the molecule is Cc1ccccc1C[C@@H](CC(=O)[O-])NC(=O)OCC1c2ccccc2-c2ccccc21. The molecule has 158 valence electrons. The molecule has 1 amide bonds. The van der Waals surface area contributed by atoms with Gasteiger partial charge in [0.15, 0.2) is 0 Å². The summed E-state index contributed by atoms with van der Waals surface area (Å²) in [5.74, 6) is -1.26. The molecule has 0 radical (unpaired) electrons. The number of hydrogen-bond donors (Lipinski definition) is 1. The minimum Gasteiger partial charge on any atom is -0.550 e. The fourth-order valence-corrected chi connectivity index (χ4v) is 4.29. The lowest BCUT2D eigenvalue weighted by Crippen LogP contribution is -2.41. The Bertz CT molecular complexity index is 1060. The summed E-state index contributed by atoms with van der Waals surface area (Å²) < 4.78 is 5.56. The van der Waals surface area contributed by atoms with E-state index in [2.05, 4.69) is 29.6 Å². The molecular weight excluding hydrogens is 390 g/mol. The predicted octanol–water partition coefficient (Wildman–Crippen LogP) is 3.58. The molecule has 1 N–H and O–H groups in total. The molecule has 0 unspecified atom stereocenters. The zero-order chi connectivity index (χ0) is 21.8. The molecule has 0 aromatic heterocycles. The molecule has 0 bridgehead atoms. The zero-order valence-corrected chi connectivity index (χ0v) is 17.3. The van der Waals surface area contributed by atoms with Crippen LogP contribution in [0.1, 0.15) is 34.6 Å². The van der Waals surface area contributed by atoms with E-state index >= 15 is 0 Å². The van der Waals surface area contributed by atoms with Crippen molar-refractivity contribution in [2.75, 3.05) is 6.61 Å². The Balaban J connectivity index is 1.44. The average Bonchev–Trinajstić information content (AvgIpc) is 3.07. The topological polar surface area (TPSA) is 78.5 Å². The maximum atomic E-state index is 12.5. The molecule has 1 aliphatic rings. The number of carbonyl (C=O) groups is 2. The highest BCUT2D eigenvalue weighted by Gasteiger charge is 2.29. The van der Waals surface area contributed by atoms with Gasteiger partial charge in [-0.15, -0.1) is 0 Å². The number of amides is 1. The zero-order valence-electron chi connectivity index (χ0n) is 17.3. The third kappa shape index (κ3) is 4.61. The molecule has 5 heteroatoms. The summed E-state index contributed by atoms with van der Waals surface area (Å²) in [5, 5.41) is 13.9. The Labute approximate surface area is 181 Å². The number of carbonyl (C=O) groups excluding carboxylic acids is 2. The van der Waals surface area contributed by atoms with Gasteiger partial charge >= 0.3 is 6.09 Å². The summed E-state index contributed by atoms with van der Waals surface area (Å²) >= 11 is 0. The summed E-state index contributed by atoms with van der Waals surface area (Å²) in [7, 11) is 0. The number of benzene rings is 3. The van der Waals surface area contributed by atoms with Crippen molar-refractivity contribution in [3.8, 4) is 11.1 Å². The molecule has 1 aliphatic carbocycles. The third-order valence-electron chi connectivity index (χ3n) is 5.81. The summed E-state index contributed by atoms with van der Waals surface area (Å²) in [6.07, 6.45) is -0.509. The molecule has 0 spiro atoms. The Hall–Kier alpha value is -3.60. The maximum absolute atomic E-state index is 12.5. The molecule has 3 aromatic carbocycles. The smallest absolute Gasteiger partial charge is 0.407 e. The highest BCUT2D eigenvalue weighted by molar-refractivity contribution is 5.79. The number of ether oxygens (including phenoxy) is 1. The van der Waals surface area contributed by atoms with Gasteiger partial charge in [0.2, 0.25) is 0 Å². The summed E-state index contributed by atoms with van der Waals surface area (Å²) in [6, 6.07) is 23.3. The van der Waals surface area contributed by atoms with Gasteiger partial charge in [0.05, 0.1) is 0 Å². The van der Waals surface area contributed by atoms with E-state index in [1.54, 1.807) is 0 Å². The summed E-state index contributed by atoms with van der Waals surface area (Å²) in [4.78, 5) is 23.7. The van der Waals surface area contributed by atoms with Crippen molar-refractivity contribution in [1.82, 2.24) is 5.32 Å². The van der Waals surface area contributed by atoms with Crippen molar-refractivity contribution in [1.29, 1.82) is 0 Å². The van der Waals surface area contributed by atoms with Gasteiger partial charge in [0.1, 0.15) is 6.61 Å². The Morgan fingerprint density at radius 1 is 0.935 bits per heavy atom. The lowest BCUT2D eigenvalue weighted by Gasteiger charge is -2.21. The minimum atomic E-state index is -1.21. The molecule has 0 saturated carbocycles. The van der Waals surface area contributed by atoms with E-state index < -0.39 is 18.1 Å². The normalized spacial score (nSPS) is 13.2. The first kappa shape index (κ1) is 20.7. The van der Waals surface area contributed by atoms with Gasteiger partial charge in [-0.1, -0.05) is 72.8 Å². The van der Waals surface area contributed by atoms with Crippen molar-refractivity contribution in [2.45, 2.75) is 31.7 Å². The fraction of sp³-hybridized carbons (Fsp3) is 0.231. The van der Waals surface area contributed by atoms with E-state index in [4.69, 9.17) is 4.74 Å². The van der Waals surface area contributed by atoms with E-state index in [9.17, 15) is 14.7 Å². The third-order valence-corrected chi connectivity index (χ3v) is 5.81. The second-order valence-electron chi connectivity index (χ2n) is 7.87. The van der Waals surface area contributed by atoms with Crippen LogP contribution in [0.2, 0.25) is 0 Å². The molecule has 0 aliphatic heterocycles. The van der Waals surface area contributed by atoms with Crippen LogP contribution in [-0.4, -0.2) is 24.7 Å². The number of carboxylic acid groups (broad SMARTS) is 1. The highest BCUT2D eigenvalue weighted by Crippen LogP contribution is 2.44. The van der Waals surface area contributed by atoms with E-state index in [0.29, 0.717) is 6.42 Å². The number of carboxylic acids is 1. The summed E-state index contributed by atoms with van der Waals surface area (Å²) in [6.45, 7) is 2.14. The van der Waals surface area contributed by atoms with Gasteiger partial charge in [-0.2, -0.15) is 0 Å². The Morgan fingerprint density at radius 2 is 1.52 bits per heavy atom. The largest absolute Gasteiger partial charge is 0.550 e. The molecular formula is C26H24NO4-. The van der Waals surface area contributed by atoms with E-state index in [1.165, 1.54) is 0 Å². The van der Waals surface area contributed by atoms with Gasteiger partial charge in [-0.3, -0.25) is 0 Å². The number of aliphatic carboxylic acids is 1. The molecule has 0 heterocycles. The highest BCUT2D eigenvalue weighted by atomic mass is 16.5. The first-order chi connectivity index (χ1) is 15.0. The standard InChI is InChI=1S/C26H25NO4/c1-17-8-2-3-9-18(17)14-19(15-25(28)29)27-26(30)31-16-24-22-12-6-4-10-20(22)21-11-5-7-13-23(21)24/h2-13,19,24H,14-16H2,1H3,(H,27,30)(H,28,29)/p-1/t19-/m0/s1. The lowest BCUT2D eigenvalue weighted by atomic mass is 9.98. The van der Waals surface area contributed by atoms with Crippen LogP contribution in [0.25, 0.3) is 11.1 Å². The van der Waals surface area contributed by atoms with Crippen molar-refractivity contribution in [3.05, 3.63) is 95.1 Å². The van der Waals surface area contributed by atoms with E-state index in [-0.39, 0.29) is 18.9 Å². The van der Waals surface area contributed by atoms with E-state index in [0.717, 1.165) is 33.4 Å². The fourth-order valence-electron chi connectivity index (χ4n) is 4.29. The number of nitrogens with one attached hydrogen (secondary N) is 1. The molecule has 5 nitrogen and oxygen atoms in total. The lowest BCUT2D eigenvalue weighted by molar-refractivity contribution is -0.306. The van der Waals surface area contributed by atoms with Crippen LogP contribution in [0.5, 0.6) is 0 Å². The summed E-state index contributed by atoms with van der Waals surface area (Å²) in [5.41, 5.74) is 6.58. The van der Waals surface area contributed by atoms with Gasteiger partial charge in [-0.25, -0.2) is 4.79 Å². The molecule has 4 rings (SSSR count). The molecule has 0 saturated heterocycles. The van der Waals surface area contributed by atoms with Crippen LogP contribution >= 0.6 is 0 Å². The monoisotopic (exact) mass is 414 g/mol. The number of hydrogen-bond acceptors (Lipinski definition) is 4. The van der Waals surface area contributed by atoms with Gasteiger partial charge in [-0.05, 0) is 46.7 Å². The first-order valence-electron chi connectivity index (χ1n) is 10.4. The number of fused-ring (bicyclic) bond motifs is 3. The van der Waals surface area contributed by atoms with Crippen molar-refractivity contribution >= 4 is 12.1 Å². The van der Waals surface area contributed by atoms with Gasteiger partial charge in [0, 0.05) is 24.3 Å². The number of aryl methyl sites for hydroxylation is 1. The molecule has 31 heavy (non-hydrogen) atoms. The van der Waals surface area contributed by atoms with Crippen LogP contribution in [-0.2, 0) is 16.0 Å². The quantitative estimate of drug-likeness (QED) is 0.641. The predicted molar refractivity (Wildman–Crippen MR) is 116 cm³/mol. The van der Waals surface area contributed by atoms with Crippen molar-refractivity contribution < 1.29 is 19.4 Å². The molecule has 1 atom stereocenters. The van der Waals surface area contributed by atoms with E-state index in [1.807, 2.05) is 55.5 Å². The van der Waals surface area contributed by atoms with Gasteiger partial charge in [0.25, 0.3) is 0 Å². The minimum absolute atomic E-state index is 0.0471. The van der Waals surface area contributed by atoms with Crippen LogP contribution in [0.15, 0.2) is 72.8 Å². The maximum Gasteiger partial charge on any atom is 0.407 e. The van der Waals surface area contributed by atoms with Crippen LogP contribution in [0, 0.1) is 6.92 Å². The Kier molecular flexibility index (Phi) is 6.03. The molecule has 0 fully saturated rings. The average molecular weight is 414 g/mol. The molecule has 3 aromatic rings. The van der Waals surface area contributed by atoms with Crippen LogP contribution < -0.4 is 10.4 Å². The van der Waals surface area contributed by atoms with Crippen LogP contribution in [0.3, 0.4) is 0 Å². The van der Waals surface area contributed by atoms with Crippen molar-refractivity contribution in [2.24, 2.45) is 0 Å².